The van der Waals surface area contributed by atoms with Crippen LogP contribution in [-0.2, 0) is 4.74 Å². The molecule has 0 bridgehead atoms. The lowest BCUT2D eigenvalue weighted by Crippen LogP contribution is -2.12. The second-order valence-corrected chi connectivity index (χ2v) is 4.09. The predicted molar refractivity (Wildman–Crippen MR) is 70.4 cm³/mol. The van der Waals surface area contributed by atoms with Gasteiger partial charge < -0.3 is 10.1 Å². The van der Waals surface area contributed by atoms with E-state index in [0.717, 1.165) is 24.3 Å². The van der Waals surface area contributed by atoms with Crippen LogP contribution in [0.1, 0.15) is 20.3 Å². The molecule has 1 unspecified atom stereocenters. The number of rotatable bonds is 5. The molecule has 4 nitrogen and oxygen atoms in total. The molecule has 0 aromatic heterocycles. The maximum Gasteiger partial charge on any atom is 0.411 e. The van der Waals surface area contributed by atoms with Crippen LogP contribution in [0.5, 0.6) is 0 Å². The molecule has 4 heteroatoms. The lowest BCUT2D eigenvalue weighted by Gasteiger charge is -2.12. The third-order valence-electron chi connectivity index (χ3n) is 2.65. The first-order valence-corrected chi connectivity index (χ1v) is 5.84. The number of carbonyl (C=O) groups is 1. The Balaban J connectivity index is 2.56. The summed E-state index contributed by atoms with van der Waals surface area (Å²) >= 11 is 0. The first kappa shape index (κ1) is 13.4. The van der Waals surface area contributed by atoms with Gasteiger partial charge in [-0.25, -0.2) is 4.79 Å². The van der Waals surface area contributed by atoms with Crippen LogP contribution < -0.4 is 10.6 Å². The summed E-state index contributed by atoms with van der Waals surface area (Å²) in [6.07, 6.45) is 0.691. The van der Waals surface area contributed by atoms with Crippen molar-refractivity contribution in [2.24, 2.45) is 5.92 Å². The fraction of sp³-hybridized carbons (Fsp3) is 0.462. The minimum atomic E-state index is -0.455. The molecule has 1 amide bonds. The molecule has 1 aromatic carbocycles. The van der Waals surface area contributed by atoms with E-state index in [0.29, 0.717) is 5.92 Å². The van der Waals surface area contributed by atoms with Crippen molar-refractivity contribution in [1.82, 2.24) is 0 Å². The molecule has 1 rings (SSSR count). The summed E-state index contributed by atoms with van der Waals surface area (Å²) < 4.78 is 4.54. The zero-order valence-electron chi connectivity index (χ0n) is 10.6. The summed E-state index contributed by atoms with van der Waals surface area (Å²) in [4.78, 5) is 11.1. The van der Waals surface area contributed by atoms with Crippen molar-refractivity contribution in [3.8, 4) is 0 Å². The molecule has 0 heterocycles. The molecule has 2 N–H and O–H groups in total. The van der Waals surface area contributed by atoms with Gasteiger partial charge in [-0.1, -0.05) is 26.3 Å². The molecule has 17 heavy (non-hydrogen) atoms. The van der Waals surface area contributed by atoms with E-state index in [1.54, 1.807) is 0 Å². The standard InChI is InChI=1S/C13H20N2O2/c1-4-10(2)9-14-11-6-5-7-12(8-11)15-13(16)17-3/h5-8,10,14H,4,9H2,1-3H3,(H,15,16). The molecule has 0 saturated carbocycles. The quantitative estimate of drug-likeness (QED) is 0.824. The van der Waals surface area contributed by atoms with Crippen LogP contribution in [-0.4, -0.2) is 19.7 Å². The van der Waals surface area contributed by atoms with Crippen LogP contribution in [0.15, 0.2) is 24.3 Å². The number of ether oxygens (including phenoxy) is 1. The summed E-state index contributed by atoms with van der Waals surface area (Å²) in [5.41, 5.74) is 1.73. The van der Waals surface area contributed by atoms with Crippen LogP contribution in [0, 0.1) is 5.92 Å². The third-order valence-corrected chi connectivity index (χ3v) is 2.65. The van der Waals surface area contributed by atoms with Gasteiger partial charge in [-0.05, 0) is 24.1 Å². The molecule has 0 radical (unpaired) electrons. The predicted octanol–water partition coefficient (Wildman–Crippen LogP) is 3.32. The minimum absolute atomic E-state index is 0.455. The Kier molecular flexibility index (Phi) is 5.33. The number of hydrogen-bond acceptors (Lipinski definition) is 3. The van der Waals surface area contributed by atoms with Gasteiger partial charge in [-0.15, -0.1) is 0 Å². The second-order valence-electron chi connectivity index (χ2n) is 4.09. The molecule has 94 valence electrons. The van der Waals surface area contributed by atoms with Crippen molar-refractivity contribution in [1.29, 1.82) is 0 Å². The topological polar surface area (TPSA) is 50.4 Å². The summed E-state index contributed by atoms with van der Waals surface area (Å²) in [6, 6.07) is 7.58. The Hall–Kier alpha value is -1.71. The van der Waals surface area contributed by atoms with Crippen LogP contribution >= 0.6 is 0 Å². The van der Waals surface area contributed by atoms with Gasteiger partial charge in [-0.3, -0.25) is 5.32 Å². The normalized spacial score (nSPS) is 11.7. The lowest BCUT2D eigenvalue weighted by atomic mass is 10.1. The van der Waals surface area contributed by atoms with Crippen LogP contribution in [0.25, 0.3) is 0 Å². The average Bonchev–Trinajstić information content (AvgIpc) is 2.36. The highest BCUT2D eigenvalue weighted by atomic mass is 16.5. The van der Waals surface area contributed by atoms with Gasteiger partial charge in [0.15, 0.2) is 0 Å². The zero-order valence-corrected chi connectivity index (χ0v) is 10.6. The number of carbonyl (C=O) groups excluding carboxylic acids is 1. The third kappa shape index (κ3) is 4.76. The van der Waals surface area contributed by atoms with Gasteiger partial charge in [0.05, 0.1) is 7.11 Å². The average molecular weight is 236 g/mol. The molecule has 0 saturated heterocycles. The number of nitrogens with one attached hydrogen (secondary N) is 2. The van der Waals surface area contributed by atoms with Crippen LogP contribution in [0.3, 0.4) is 0 Å². The molecule has 0 aliphatic heterocycles. The molecule has 0 spiro atoms. The fourth-order valence-corrected chi connectivity index (χ4v) is 1.31. The maximum atomic E-state index is 11.1. The number of amides is 1. The van der Waals surface area contributed by atoms with Crippen molar-refractivity contribution in [3.05, 3.63) is 24.3 Å². The van der Waals surface area contributed by atoms with Crippen molar-refractivity contribution < 1.29 is 9.53 Å². The van der Waals surface area contributed by atoms with E-state index in [9.17, 15) is 4.79 Å². The summed E-state index contributed by atoms with van der Waals surface area (Å²) in [6.45, 7) is 5.29. The maximum absolute atomic E-state index is 11.1. The highest BCUT2D eigenvalue weighted by Gasteiger charge is 2.02. The van der Waals surface area contributed by atoms with E-state index in [1.165, 1.54) is 7.11 Å². The van der Waals surface area contributed by atoms with Gasteiger partial charge in [0.25, 0.3) is 0 Å². The Labute approximate surface area is 102 Å². The van der Waals surface area contributed by atoms with Crippen molar-refractivity contribution >= 4 is 17.5 Å². The molecule has 0 aliphatic rings. The summed E-state index contributed by atoms with van der Waals surface area (Å²) in [5, 5.41) is 5.97. The van der Waals surface area contributed by atoms with E-state index >= 15 is 0 Å². The van der Waals surface area contributed by atoms with E-state index in [4.69, 9.17) is 0 Å². The SMILES string of the molecule is CCC(C)CNc1cccc(NC(=O)OC)c1. The first-order chi connectivity index (χ1) is 8.15. The Bertz CT molecular complexity index is 366. The van der Waals surface area contributed by atoms with E-state index in [-0.39, 0.29) is 0 Å². The number of anilines is 2. The second kappa shape index (κ2) is 6.78. The number of methoxy groups -OCH3 is 1. The van der Waals surface area contributed by atoms with Crippen molar-refractivity contribution in [2.75, 3.05) is 24.3 Å². The molecule has 1 atom stereocenters. The van der Waals surface area contributed by atoms with E-state index in [1.807, 2.05) is 24.3 Å². The summed E-state index contributed by atoms with van der Waals surface area (Å²) in [7, 11) is 1.35. The number of hydrogen-bond donors (Lipinski definition) is 2. The molecule has 1 aromatic rings. The van der Waals surface area contributed by atoms with Gasteiger partial charge >= 0.3 is 6.09 Å². The fourth-order valence-electron chi connectivity index (χ4n) is 1.31. The minimum Gasteiger partial charge on any atom is -0.453 e. The highest BCUT2D eigenvalue weighted by Crippen LogP contribution is 2.16. The lowest BCUT2D eigenvalue weighted by molar-refractivity contribution is 0.187. The molecular weight excluding hydrogens is 216 g/mol. The summed E-state index contributed by atoms with van der Waals surface area (Å²) in [5.74, 6) is 0.632. The van der Waals surface area contributed by atoms with Gasteiger partial charge in [-0.2, -0.15) is 0 Å². The van der Waals surface area contributed by atoms with Gasteiger partial charge in [0.2, 0.25) is 0 Å². The largest absolute Gasteiger partial charge is 0.453 e. The molecule has 0 fully saturated rings. The van der Waals surface area contributed by atoms with Crippen molar-refractivity contribution in [3.63, 3.8) is 0 Å². The first-order valence-electron chi connectivity index (χ1n) is 5.84. The zero-order chi connectivity index (χ0) is 12.7. The van der Waals surface area contributed by atoms with Crippen LogP contribution in [0.2, 0.25) is 0 Å². The number of benzene rings is 1. The van der Waals surface area contributed by atoms with Crippen LogP contribution in [0.4, 0.5) is 16.2 Å². The van der Waals surface area contributed by atoms with Crippen molar-refractivity contribution in [2.45, 2.75) is 20.3 Å². The van der Waals surface area contributed by atoms with E-state index in [2.05, 4.69) is 29.2 Å². The Morgan fingerprint density at radius 3 is 2.76 bits per heavy atom. The Morgan fingerprint density at radius 2 is 2.12 bits per heavy atom. The Morgan fingerprint density at radius 1 is 1.41 bits per heavy atom. The van der Waals surface area contributed by atoms with Gasteiger partial charge in [0, 0.05) is 17.9 Å². The molecule has 0 aliphatic carbocycles. The smallest absolute Gasteiger partial charge is 0.411 e. The highest BCUT2D eigenvalue weighted by molar-refractivity contribution is 5.85. The van der Waals surface area contributed by atoms with Gasteiger partial charge in [0.1, 0.15) is 0 Å². The monoisotopic (exact) mass is 236 g/mol. The van der Waals surface area contributed by atoms with E-state index < -0.39 is 6.09 Å². The molecular formula is C13H20N2O2.